The number of aromatic nitrogens is 2. The zero-order chi connectivity index (χ0) is 18.5. The van der Waals surface area contributed by atoms with Crippen LogP contribution in [0.2, 0.25) is 0 Å². The van der Waals surface area contributed by atoms with E-state index in [2.05, 4.69) is 15.3 Å². The van der Waals surface area contributed by atoms with Gasteiger partial charge in [0.25, 0.3) is 5.91 Å². The molecule has 0 aliphatic carbocycles. The van der Waals surface area contributed by atoms with E-state index in [9.17, 15) is 13.6 Å². The molecule has 0 spiro atoms. The van der Waals surface area contributed by atoms with Gasteiger partial charge in [0, 0.05) is 23.4 Å². The van der Waals surface area contributed by atoms with E-state index in [1.165, 1.54) is 30.9 Å². The lowest BCUT2D eigenvalue weighted by Crippen LogP contribution is -2.12. The number of halogens is 2. The van der Waals surface area contributed by atoms with Gasteiger partial charge in [-0.1, -0.05) is 0 Å². The molecule has 0 bridgehead atoms. The summed E-state index contributed by atoms with van der Waals surface area (Å²) < 4.78 is 32.6. The second kappa shape index (κ2) is 7.36. The largest absolute Gasteiger partial charge is 0.454 e. The summed E-state index contributed by atoms with van der Waals surface area (Å²) in [7, 11) is 0. The predicted octanol–water partition coefficient (Wildman–Crippen LogP) is 3.67. The number of amides is 1. The van der Waals surface area contributed by atoms with Crippen molar-refractivity contribution in [2.45, 2.75) is 0 Å². The first kappa shape index (κ1) is 17.0. The number of hydrogen-bond acceptors (Lipinski definition) is 5. The fourth-order valence-corrected chi connectivity index (χ4v) is 2.12. The number of anilines is 1. The van der Waals surface area contributed by atoms with Crippen molar-refractivity contribution in [3.8, 4) is 17.6 Å². The van der Waals surface area contributed by atoms with Crippen LogP contribution in [-0.2, 0) is 0 Å². The topological polar surface area (TPSA) is 87.9 Å². The van der Waals surface area contributed by atoms with Crippen LogP contribution in [0, 0.1) is 23.0 Å². The Morgan fingerprint density at radius 1 is 1.08 bits per heavy atom. The van der Waals surface area contributed by atoms with E-state index in [1.54, 1.807) is 6.07 Å². The molecule has 8 heteroatoms. The summed E-state index contributed by atoms with van der Waals surface area (Å²) in [6, 6.07) is 8.65. The van der Waals surface area contributed by atoms with Crippen LogP contribution in [0.25, 0.3) is 0 Å². The third-order valence-corrected chi connectivity index (χ3v) is 3.25. The van der Waals surface area contributed by atoms with Crippen LogP contribution in [0.4, 0.5) is 14.5 Å². The molecule has 0 fully saturated rings. The van der Waals surface area contributed by atoms with Crippen LogP contribution in [0.3, 0.4) is 0 Å². The first-order valence-electron chi connectivity index (χ1n) is 7.29. The average molecular weight is 352 g/mol. The molecule has 1 amide bonds. The summed E-state index contributed by atoms with van der Waals surface area (Å²) in [5.74, 6) is -1.55. The van der Waals surface area contributed by atoms with Crippen LogP contribution in [0.5, 0.6) is 11.5 Å². The summed E-state index contributed by atoms with van der Waals surface area (Å²) in [5.41, 5.74) is -0.0687. The Hall–Kier alpha value is -3.86. The maximum Gasteiger partial charge on any atom is 0.255 e. The lowest BCUT2D eigenvalue weighted by Gasteiger charge is -2.09. The maximum absolute atomic E-state index is 13.8. The average Bonchev–Trinajstić information content (AvgIpc) is 2.62. The van der Waals surface area contributed by atoms with E-state index < -0.39 is 17.5 Å². The Bertz CT molecular complexity index is 1000. The minimum atomic E-state index is -0.726. The highest BCUT2D eigenvalue weighted by atomic mass is 19.1. The van der Waals surface area contributed by atoms with Crippen molar-refractivity contribution in [1.82, 2.24) is 9.97 Å². The number of carbonyl (C=O) groups excluding carboxylic acids is 1. The van der Waals surface area contributed by atoms with Crippen molar-refractivity contribution < 1.29 is 18.3 Å². The highest BCUT2D eigenvalue weighted by Crippen LogP contribution is 2.25. The van der Waals surface area contributed by atoms with Crippen LogP contribution in [0.1, 0.15) is 15.9 Å². The third-order valence-electron chi connectivity index (χ3n) is 3.25. The number of carbonyl (C=O) groups is 1. The number of nitrogens with one attached hydrogen (secondary N) is 1. The molecule has 0 unspecified atom stereocenters. The van der Waals surface area contributed by atoms with E-state index in [1.807, 2.05) is 0 Å². The van der Waals surface area contributed by atoms with E-state index in [-0.39, 0.29) is 22.6 Å². The molecule has 3 rings (SSSR count). The maximum atomic E-state index is 13.8. The molecule has 1 N–H and O–H groups in total. The summed E-state index contributed by atoms with van der Waals surface area (Å²) in [6.07, 6.45) is 4.12. The molecule has 3 aromatic rings. The number of rotatable bonds is 4. The zero-order valence-corrected chi connectivity index (χ0v) is 13.1. The van der Waals surface area contributed by atoms with Gasteiger partial charge in [-0.25, -0.2) is 18.7 Å². The van der Waals surface area contributed by atoms with Crippen LogP contribution < -0.4 is 10.1 Å². The number of nitriles is 1. The predicted molar refractivity (Wildman–Crippen MR) is 87.6 cm³/mol. The molecule has 0 aliphatic rings. The highest BCUT2D eigenvalue weighted by molar-refractivity contribution is 6.04. The van der Waals surface area contributed by atoms with Gasteiger partial charge < -0.3 is 10.1 Å². The van der Waals surface area contributed by atoms with Crippen molar-refractivity contribution in [2.24, 2.45) is 0 Å². The summed E-state index contributed by atoms with van der Waals surface area (Å²) in [5, 5.41) is 11.3. The fourth-order valence-electron chi connectivity index (χ4n) is 2.12. The molecular formula is C18H10F2N4O2. The molecule has 0 atom stereocenters. The van der Waals surface area contributed by atoms with Gasteiger partial charge in [0.15, 0.2) is 5.75 Å². The third kappa shape index (κ3) is 3.96. The Labute approximate surface area is 146 Å². The minimum Gasteiger partial charge on any atom is -0.454 e. The molecule has 0 saturated heterocycles. The molecule has 128 valence electrons. The smallest absolute Gasteiger partial charge is 0.255 e. The SMILES string of the molecule is N#Cc1cc(C(=O)Nc2cc(F)cc(Oc3cncnc3)c2)ccc1F. The van der Waals surface area contributed by atoms with Crippen molar-refractivity contribution in [3.05, 3.63) is 77.9 Å². The van der Waals surface area contributed by atoms with E-state index in [0.717, 1.165) is 24.3 Å². The summed E-state index contributed by atoms with van der Waals surface area (Å²) >= 11 is 0. The second-order valence-corrected chi connectivity index (χ2v) is 5.11. The van der Waals surface area contributed by atoms with Gasteiger partial charge in [0.1, 0.15) is 29.8 Å². The Morgan fingerprint density at radius 3 is 2.58 bits per heavy atom. The standard InChI is InChI=1S/C18H10F2N4O2/c19-13-4-14(6-15(5-13)26-16-8-22-10-23-9-16)24-18(25)11-1-2-17(20)12(3-11)7-21/h1-6,8-10H,(H,24,25). The Kier molecular flexibility index (Phi) is 4.80. The lowest BCUT2D eigenvalue weighted by molar-refractivity contribution is 0.102. The first-order chi connectivity index (χ1) is 12.5. The molecule has 1 aromatic heterocycles. The van der Waals surface area contributed by atoms with Crippen molar-refractivity contribution in [2.75, 3.05) is 5.32 Å². The van der Waals surface area contributed by atoms with Gasteiger partial charge in [-0.15, -0.1) is 0 Å². The van der Waals surface area contributed by atoms with Crippen LogP contribution in [0.15, 0.2) is 55.1 Å². The van der Waals surface area contributed by atoms with Crippen molar-refractivity contribution in [3.63, 3.8) is 0 Å². The molecule has 0 aliphatic heterocycles. The van der Waals surface area contributed by atoms with E-state index >= 15 is 0 Å². The molecule has 0 saturated carbocycles. The molecular weight excluding hydrogens is 342 g/mol. The van der Waals surface area contributed by atoms with Crippen molar-refractivity contribution >= 4 is 11.6 Å². The van der Waals surface area contributed by atoms with E-state index in [0.29, 0.717) is 5.75 Å². The lowest BCUT2D eigenvalue weighted by atomic mass is 10.1. The Balaban J connectivity index is 1.81. The minimum absolute atomic E-state index is 0.0612. The number of hydrogen-bond donors (Lipinski definition) is 1. The number of benzene rings is 2. The fraction of sp³-hybridized carbons (Fsp3) is 0. The van der Waals surface area contributed by atoms with Gasteiger partial charge in [0.05, 0.1) is 18.0 Å². The quantitative estimate of drug-likeness (QED) is 0.774. The number of nitrogens with zero attached hydrogens (tertiary/aromatic N) is 3. The van der Waals surface area contributed by atoms with Crippen molar-refractivity contribution in [1.29, 1.82) is 5.26 Å². The molecule has 6 nitrogen and oxygen atoms in total. The summed E-state index contributed by atoms with van der Waals surface area (Å²) in [4.78, 5) is 19.8. The van der Waals surface area contributed by atoms with Crippen LogP contribution >= 0.6 is 0 Å². The Morgan fingerprint density at radius 2 is 1.85 bits per heavy atom. The highest BCUT2D eigenvalue weighted by Gasteiger charge is 2.12. The van der Waals surface area contributed by atoms with E-state index in [4.69, 9.17) is 10.00 Å². The first-order valence-corrected chi connectivity index (χ1v) is 7.29. The molecule has 0 radical (unpaired) electrons. The monoisotopic (exact) mass is 352 g/mol. The zero-order valence-electron chi connectivity index (χ0n) is 13.1. The van der Waals surface area contributed by atoms with Crippen LogP contribution in [-0.4, -0.2) is 15.9 Å². The molecule has 2 aromatic carbocycles. The molecule has 1 heterocycles. The molecule has 26 heavy (non-hydrogen) atoms. The van der Waals surface area contributed by atoms with Gasteiger partial charge in [-0.05, 0) is 24.3 Å². The second-order valence-electron chi connectivity index (χ2n) is 5.11. The normalized spacial score (nSPS) is 10.0. The number of ether oxygens (including phenoxy) is 1. The summed E-state index contributed by atoms with van der Waals surface area (Å²) in [6.45, 7) is 0. The van der Waals surface area contributed by atoms with Gasteiger partial charge in [-0.2, -0.15) is 5.26 Å². The van der Waals surface area contributed by atoms with Gasteiger partial charge in [-0.3, -0.25) is 4.79 Å². The van der Waals surface area contributed by atoms with Gasteiger partial charge >= 0.3 is 0 Å². The van der Waals surface area contributed by atoms with Gasteiger partial charge in [0.2, 0.25) is 0 Å².